The summed E-state index contributed by atoms with van der Waals surface area (Å²) < 4.78 is 37.8. The maximum absolute atomic E-state index is 12.6. The van der Waals surface area contributed by atoms with Crippen molar-refractivity contribution in [2.24, 2.45) is 0 Å². The minimum atomic E-state index is -4.31. The second-order valence-electron chi connectivity index (χ2n) is 7.12. The van der Waals surface area contributed by atoms with Crippen molar-refractivity contribution >= 4 is 0 Å². The highest BCUT2D eigenvalue weighted by molar-refractivity contribution is 5.24. The number of benzene rings is 1. The second-order valence-corrected chi connectivity index (χ2v) is 7.12. The van der Waals surface area contributed by atoms with Crippen LogP contribution in [0.2, 0.25) is 0 Å². The fourth-order valence-corrected chi connectivity index (χ4v) is 3.83. The van der Waals surface area contributed by atoms with Crippen molar-refractivity contribution < 1.29 is 23.4 Å². The lowest BCUT2D eigenvalue weighted by Gasteiger charge is -2.43. The highest BCUT2D eigenvalue weighted by Crippen LogP contribution is 2.29. The molecule has 4 nitrogen and oxygen atoms in total. The molecule has 0 bridgehead atoms. The van der Waals surface area contributed by atoms with Gasteiger partial charge in [-0.05, 0) is 37.0 Å². The summed E-state index contributed by atoms with van der Waals surface area (Å²) in [6.07, 6.45) is -2.68. The molecule has 0 aliphatic carbocycles. The van der Waals surface area contributed by atoms with Gasteiger partial charge in [0.1, 0.15) is 0 Å². The van der Waals surface area contributed by atoms with Gasteiger partial charge in [-0.25, -0.2) is 0 Å². The maximum atomic E-state index is 12.6. The first kappa shape index (κ1) is 18.6. The van der Waals surface area contributed by atoms with Gasteiger partial charge in [-0.15, -0.1) is 0 Å². The third-order valence-corrected chi connectivity index (χ3v) is 5.29. The lowest BCUT2D eigenvalue weighted by Crippen LogP contribution is -2.55. The quantitative estimate of drug-likeness (QED) is 0.869. The number of halogens is 3. The summed E-state index contributed by atoms with van der Waals surface area (Å²) >= 11 is 0. The Bertz CT molecular complexity index is 556. The summed E-state index contributed by atoms with van der Waals surface area (Å²) in [5.74, 6) is 0. The van der Waals surface area contributed by atoms with Gasteiger partial charge in [0.2, 0.25) is 0 Å². The zero-order chi connectivity index (χ0) is 18.0. The zero-order valence-electron chi connectivity index (χ0n) is 14.1. The lowest BCUT2D eigenvalue weighted by molar-refractivity contribution is -0.137. The summed E-state index contributed by atoms with van der Waals surface area (Å²) in [5, 5.41) is 20.1. The van der Waals surface area contributed by atoms with Crippen LogP contribution in [0.4, 0.5) is 13.2 Å². The van der Waals surface area contributed by atoms with Gasteiger partial charge in [0.05, 0.1) is 17.8 Å². The molecule has 0 aromatic heterocycles. The van der Waals surface area contributed by atoms with Crippen molar-refractivity contribution in [3.8, 4) is 0 Å². The molecule has 1 aromatic carbocycles. The predicted octanol–water partition coefficient (Wildman–Crippen LogP) is 2.10. The number of rotatable bonds is 3. The Morgan fingerprint density at radius 3 is 2.16 bits per heavy atom. The Labute approximate surface area is 145 Å². The zero-order valence-corrected chi connectivity index (χ0v) is 14.1. The first-order valence-corrected chi connectivity index (χ1v) is 8.81. The summed E-state index contributed by atoms with van der Waals surface area (Å²) in [5.41, 5.74) is 0.182. The Morgan fingerprint density at radius 2 is 1.60 bits per heavy atom. The van der Waals surface area contributed by atoms with E-state index in [-0.39, 0.29) is 12.1 Å². The van der Waals surface area contributed by atoms with E-state index >= 15 is 0 Å². The molecule has 1 aromatic rings. The molecule has 0 unspecified atom stereocenters. The summed E-state index contributed by atoms with van der Waals surface area (Å²) in [6.45, 7) is 3.48. The van der Waals surface area contributed by atoms with Crippen LogP contribution < -0.4 is 0 Å². The van der Waals surface area contributed by atoms with Crippen LogP contribution in [0, 0.1) is 0 Å². The van der Waals surface area contributed by atoms with Crippen molar-refractivity contribution in [3.05, 3.63) is 35.4 Å². The lowest BCUT2D eigenvalue weighted by atomic mass is 9.96. The van der Waals surface area contributed by atoms with Crippen LogP contribution in [0.1, 0.15) is 30.4 Å². The van der Waals surface area contributed by atoms with Crippen LogP contribution in [0.3, 0.4) is 0 Å². The van der Waals surface area contributed by atoms with Gasteiger partial charge in [-0.2, -0.15) is 13.2 Å². The van der Waals surface area contributed by atoms with Crippen molar-refractivity contribution in [3.63, 3.8) is 0 Å². The third-order valence-electron chi connectivity index (χ3n) is 5.29. The molecule has 2 N–H and O–H groups in total. The summed E-state index contributed by atoms with van der Waals surface area (Å²) in [6, 6.07) is 5.34. The second kappa shape index (κ2) is 7.61. The SMILES string of the molecule is OC1CCN([C@H]2CCN(Cc3ccc(C(F)(F)F)cc3)C[C@@H]2O)CC1. The van der Waals surface area contributed by atoms with Crippen LogP contribution in [-0.4, -0.2) is 64.4 Å². The molecule has 140 valence electrons. The smallest absolute Gasteiger partial charge is 0.393 e. The van der Waals surface area contributed by atoms with Crippen LogP contribution in [0.25, 0.3) is 0 Å². The van der Waals surface area contributed by atoms with Crippen LogP contribution in [-0.2, 0) is 12.7 Å². The highest BCUT2D eigenvalue weighted by atomic mass is 19.4. The molecule has 2 aliphatic rings. The Balaban J connectivity index is 1.53. The fraction of sp³-hybridized carbons (Fsp3) is 0.667. The Morgan fingerprint density at radius 1 is 0.960 bits per heavy atom. The van der Waals surface area contributed by atoms with Crippen molar-refractivity contribution in [2.75, 3.05) is 26.2 Å². The van der Waals surface area contributed by atoms with Gasteiger partial charge in [-0.1, -0.05) is 12.1 Å². The number of likely N-dealkylation sites (tertiary alicyclic amines) is 2. The number of nitrogens with zero attached hydrogens (tertiary/aromatic N) is 2. The molecule has 3 rings (SSSR count). The largest absolute Gasteiger partial charge is 0.416 e. The number of hydrogen-bond donors (Lipinski definition) is 2. The minimum absolute atomic E-state index is 0.108. The molecule has 0 amide bonds. The van der Waals surface area contributed by atoms with E-state index < -0.39 is 17.8 Å². The molecular weight excluding hydrogens is 333 g/mol. The Kier molecular flexibility index (Phi) is 5.68. The molecular formula is C18H25F3N2O2. The Hall–Kier alpha value is -1.15. The predicted molar refractivity (Wildman–Crippen MR) is 87.9 cm³/mol. The average Bonchev–Trinajstić information content (AvgIpc) is 2.56. The van der Waals surface area contributed by atoms with E-state index in [1.54, 1.807) is 0 Å². The fourth-order valence-electron chi connectivity index (χ4n) is 3.83. The molecule has 2 atom stereocenters. The maximum Gasteiger partial charge on any atom is 0.416 e. The molecule has 25 heavy (non-hydrogen) atoms. The first-order chi connectivity index (χ1) is 11.8. The van der Waals surface area contributed by atoms with Crippen LogP contribution in [0.15, 0.2) is 24.3 Å². The van der Waals surface area contributed by atoms with Crippen molar-refractivity contribution in [1.82, 2.24) is 9.80 Å². The molecule has 0 radical (unpaired) electrons. The number of hydrogen-bond acceptors (Lipinski definition) is 4. The van der Waals surface area contributed by atoms with Gasteiger partial charge in [0.15, 0.2) is 0 Å². The van der Waals surface area contributed by atoms with E-state index in [4.69, 9.17) is 0 Å². The van der Waals surface area contributed by atoms with Gasteiger partial charge in [0.25, 0.3) is 0 Å². The number of piperidine rings is 2. The van der Waals surface area contributed by atoms with Crippen LogP contribution in [0.5, 0.6) is 0 Å². The van der Waals surface area contributed by atoms with E-state index in [2.05, 4.69) is 9.80 Å². The summed E-state index contributed by atoms with van der Waals surface area (Å²) in [7, 11) is 0. The molecule has 7 heteroatoms. The van der Waals surface area contributed by atoms with Crippen molar-refractivity contribution in [1.29, 1.82) is 0 Å². The normalized spacial score (nSPS) is 27.6. The molecule has 0 saturated carbocycles. The number of aliphatic hydroxyl groups is 2. The monoisotopic (exact) mass is 358 g/mol. The van der Waals surface area contributed by atoms with E-state index in [0.29, 0.717) is 13.1 Å². The number of aliphatic hydroxyl groups excluding tert-OH is 2. The molecule has 2 saturated heterocycles. The van der Waals surface area contributed by atoms with Crippen LogP contribution >= 0.6 is 0 Å². The number of alkyl halides is 3. The topological polar surface area (TPSA) is 46.9 Å². The third kappa shape index (κ3) is 4.73. The highest BCUT2D eigenvalue weighted by Gasteiger charge is 2.34. The first-order valence-electron chi connectivity index (χ1n) is 8.81. The average molecular weight is 358 g/mol. The van der Waals surface area contributed by atoms with Gasteiger partial charge in [-0.3, -0.25) is 9.80 Å². The number of β-amino-alcohol motifs (C(OH)–C–C–N with tert-alkyl or cyclic N) is 1. The molecule has 0 spiro atoms. The van der Waals surface area contributed by atoms with E-state index in [1.807, 2.05) is 0 Å². The van der Waals surface area contributed by atoms with E-state index in [1.165, 1.54) is 12.1 Å². The minimum Gasteiger partial charge on any atom is -0.393 e. The van der Waals surface area contributed by atoms with E-state index in [9.17, 15) is 23.4 Å². The van der Waals surface area contributed by atoms with Gasteiger partial charge < -0.3 is 10.2 Å². The molecule has 2 fully saturated rings. The van der Waals surface area contributed by atoms with E-state index in [0.717, 1.165) is 56.6 Å². The van der Waals surface area contributed by atoms with Gasteiger partial charge in [0, 0.05) is 38.8 Å². The van der Waals surface area contributed by atoms with Crippen molar-refractivity contribution in [2.45, 2.75) is 50.2 Å². The standard InChI is InChI=1S/C18H25F3N2O2/c19-18(20,21)14-3-1-13(2-4-14)11-22-8-7-16(17(25)12-22)23-9-5-15(24)6-10-23/h1-4,15-17,24-25H,5-12H2/t16-,17-/m0/s1. The molecule has 2 aliphatic heterocycles. The molecule has 2 heterocycles. The summed E-state index contributed by atoms with van der Waals surface area (Å²) in [4.78, 5) is 4.34. The van der Waals surface area contributed by atoms with Gasteiger partial charge >= 0.3 is 6.18 Å².